The van der Waals surface area contributed by atoms with E-state index in [4.69, 9.17) is 11.6 Å². The van der Waals surface area contributed by atoms with E-state index < -0.39 is 9.84 Å². The first-order chi connectivity index (χ1) is 7.10. The molecule has 0 amide bonds. The van der Waals surface area contributed by atoms with Crippen molar-refractivity contribution in [3.05, 3.63) is 34.5 Å². The molecule has 15 heavy (non-hydrogen) atoms. The lowest BCUT2D eigenvalue weighted by Crippen LogP contribution is -2.09. The molecule has 1 aromatic carbocycles. The molecule has 81 valence electrons. The Morgan fingerprint density at radius 2 is 1.53 bits per heavy atom. The number of halogens is 1. The fourth-order valence-electron chi connectivity index (χ4n) is 1.82. The minimum Gasteiger partial charge on any atom is -0.223 e. The lowest BCUT2D eigenvalue weighted by Gasteiger charge is -2.09. The highest BCUT2D eigenvalue weighted by molar-refractivity contribution is 7.94. The number of hydrogen-bond donors (Lipinski definition) is 0. The molecule has 4 heteroatoms. The molecule has 0 saturated heterocycles. The van der Waals surface area contributed by atoms with E-state index in [2.05, 4.69) is 0 Å². The summed E-state index contributed by atoms with van der Waals surface area (Å²) in [5, 5.41) is 1.23. The summed E-state index contributed by atoms with van der Waals surface area (Å²) in [6.45, 7) is 0. The Bertz CT molecular complexity index is 430. The lowest BCUT2D eigenvalue weighted by atomic mass is 10.4. The van der Waals surface area contributed by atoms with Gasteiger partial charge in [-0.1, -0.05) is 24.4 Å². The molecule has 0 aliphatic heterocycles. The van der Waals surface area contributed by atoms with Crippen LogP contribution in [0, 0.1) is 5.25 Å². The van der Waals surface area contributed by atoms with E-state index in [1.165, 1.54) is 0 Å². The Balaban J connectivity index is 2.32. The maximum absolute atomic E-state index is 12.1. The van der Waals surface area contributed by atoms with Gasteiger partial charge in [0.05, 0.1) is 10.1 Å². The Kier molecular flexibility index (Phi) is 3.03. The first-order valence-electron chi connectivity index (χ1n) is 4.96. The summed E-state index contributed by atoms with van der Waals surface area (Å²) in [4.78, 5) is 0.365. The summed E-state index contributed by atoms with van der Waals surface area (Å²) >= 11 is 5.72. The van der Waals surface area contributed by atoms with E-state index >= 15 is 0 Å². The Labute approximate surface area is 95.2 Å². The molecule has 1 aliphatic carbocycles. The molecule has 1 radical (unpaired) electrons. The van der Waals surface area contributed by atoms with E-state index in [9.17, 15) is 8.42 Å². The van der Waals surface area contributed by atoms with Crippen LogP contribution in [0.1, 0.15) is 25.7 Å². The fourth-order valence-corrected chi connectivity index (χ4v) is 3.60. The quantitative estimate of drug-likeness (QED) is 0.799. The van der Waals surface area contributed by atoms with Gasteiger partial charge >= 0.3 is 0 Å². The van der Waals surface area contributed by atoms with Crippen LogP contribution in [0.5, 0.6) is 0 Å². The third kappa shape index (κ3) is 2.18. The smallest absolute Gasteiger partial charge is 0.185 e. The first-order valence-corrected chi connectivity index (χ1v) is 6.82. The van der Waals surface area contributed by atoms with Gasteiger partial charge in [0.1, 0.15) is 0 Å². The second-order valence-corrected chi connectivity index (χ2v) is 6.20. The van der Waals surface area contributed by atoms with Crippen molar-refractivity contribution >= 4 is 21.4 Å². The minimum atomic E-state index is -3.20. The standard InChI is InChI=1S/C11H12ClO2S/c12-9-5-7-11(8-6-9)15(13,14)10-3-1-2-4-10/h5-8H,1-4H2. The van der Waals surface area contributed by atoms with Crippen molar-refractivity contribution in [1.29, 1.82) is 0 Å². The molecule has 0 N–H and O–H groups in total. The van der Waals surface area contributed by atoms with Crippen molar-refractivity contribution in [3.63, 3.8) is 0 Å². The number of benzene rings is 1. The van der Waals surface area contributed by atoms with Gasteiger partial charge in [0.2, 0.25) is 0 Å². The molecule has 2 nitrogen and oxygen atoms in total. The van der Waals surface area contributed by atoms with Gasteiger partial charge < -0.3 is 0 Å². The Morgan fingerprint density at radius 3 is 2.07 bits per heavy atom. The highest BCUT2D eigenvalue weighted by Crippen LogP contribution is 2.35. The van der Waals surface area contributed by atoms with Gasteiger partial charge in [0, 0.05) is 5.02 Å². The largest absolute Gasteiger partial charge is 0.223 e. The van der Waals surface area contributed by atoms with E-state index in [0.717, 1.165) is 12.8 Å². The van der Waals surface area contributed by atoms with Crippen molar-refractivity contribution in [2.75, 3.05) is 0 Å². The van der Waals surface area contributed by atoms with Crippen molar-refractivity contribution < 1.29 is 8.42 Å². The SMILES string of the molecule is O=S(=O)([C]1CCCC1)c1ccc(Cl)cc1. The van der Waals surface area contributed by atoms with Crippen LogP contribution in [0.2, 0.25) is 5.02 Å². The van der Waals surface area contributed by atoms with Crippen LogP contribution in [0.4, 0.5) is 0 Å². The second kappa shape index (κ2) is 4.14. The summed E-state index contributed by atoms with van der Waals surface area (Å²) in [5.41, 5.74) is 0. The molecule has 0 bridgehead atoms. The van der Waals surface area contributed by atoms with Crippen molar-refractivity contribution in [3.8, 4) is 0 Å². The average molecular weight is 244 g/mol. The van der Waals surface area contributed by atoms with Gasteiger partial charge in [-0.25, -0.2) is 8.42 Å². The summed E-state index contributed by atoms with van der Waals surface area (Å²) in [6.07, 6.45) is 3.40. The number of hydrogen-bond acceptors (Lipinski definition) is 2. The monoisotopic (exact) mass is 243 g/mol. The van der Waals surface area contributed by atoms with Crippen LogP contribution in [0.3, 0.4) is 0 Å². The van der Waals surface area contributed by atoms with Gasteiger partial charge in [-0.05, 0) is 37.1 Å². The lowest BCUT2D eigenvalue weighted by molar-refractivity contribution is 0.593. The normalized spacial score (nSPS) is 18.2. The van der Waals surface area contributed by atoms with Gasteiger partial charge in [-0.3, -0.25) is 0 Å². The molecule has 1 fully saturated rings. The highest BCUT2D eigenvalue weighted by atomic mass is 35.5. The summed E-state index contributed by atoms with van der Waals surface area (Å²) in [6, 6.07) is 6.37. The molecule has 1 aliphatic rings. The van der Waals surface area contributed by atoms with Crippen LogP contribution < -0.4 is 0 Å². The van der Waals surface area contributed by atoms with Gasteiger partial charge in [-0.2, -0.15) is 0 Å². The zero-order chi connectivity index (χ0) is 10.9. The zero-order valence-electron chi connectivity index (χ0n) is 8.24. The van der Waals surface area contributed by atoms with E-state index in [1.807, 2.05) is 0 Å². The number of sulfone groups is 1. The molecule has 0 spiro atoms. The van der Waals surface area contributed by atoms with Crippen molar-refractivity contribution in [1.82, 2.24) is 0 Å². The fraction of sp³-hybridized carbons (Fsp3) is 0.364. The predicted molar refractivity (Wildman–Crippen MR) is 60.3 cm³/mol. The zero-order valence-corrected chi connectivity index (χ0v) is 9.81. The molecule has 1 saturated carbocycles. The average Bonchev–Trinajstić information content (AvgIpc) is 2.71. The van der Waals surface area contributed by atoms with E-state index in [0.29, 0.717) is 28.0 Å². The van der Waals surface area contributed by atoms with E-state index in [-0.39, 0.29) is 0 Å². The molecular formula is C11H12ClO2S. The molecule has 1 aromatic rings. The van der Waals surface area contributed by atoms with Crippen LogP contribution in [0.25, 0.3) is 0 Å². The summed E-state index contributed by atoms with van der Waals surface area (Å²) < 4.78 is 24.1. The van der Waals surface area contributed by atoms with Gasteiger partial charge in [0.25, 0.3) is 0 Å². The third-order valence-corrected chi connectivity index (χ3v) is 4.98. The molecule has 0 heterocycles. The summed E-state index contributed by atoms with van der Waals surface area (Å²) in [5.74, 6) is 0. The molecule has 2 rings (SSSR count). The maximum atomic E-state index is 12.1. The van der Waals surface area contributed by atoms with E-state index in [1.54, 1.807) is 24.3 Å². The van der Waals surface area contributed by atoms with Gasteiger partial charge in [0.15, 0.2) is 9.84 Å². The molecule has 0 atom stereocenters. The van der Waals surface area contributed by atoms with Crippen LogP contribution >= 0.6 is 11.6 Å². The summed E-state index contributed by atoms with van der Waals surface area (Å²) in [7, 11) is -3.20. The second-order valence-electron chi connectivity index (χ2n) is 3.70. The topological polar surface area (TPSA) is 34.1 Å². The Morgan fingerprint density at radius 1 is 1.00 bits per heavy atom. The van der Waals surface area contributed by atoms with Crippen molar-refractivity contribution in [2.24, 2.45) is 0 Å². The third-order valence-electron chi connectivity index (χ3n) is 2.67. The van der Waals surface area contributed by atoms with Crippen LogP contribution in [-0.2, 0) is 9.84 Å². The molecular weight excluding hydrogens is 232 g/mol. The number of rotatable bonds is 2. The first kappa shape index (κ1) is 11.0. The molecule has 0 unspecified atom stereocenters. The Hall–Kier alpha value is -0.540. The minimum absolute atomic E-state index is 0.365. The maximum Gasteiger partial charge on any atom is 0.185 e. The van der Waals surface area contributed by atoms with Gasteiger partial charge in [-0.15, -0.1) is 0 Å². The molecule has 0 aromatic heterocycles. The predicted octanol–water partition coefficient (Wildman–Crippen LogP) is 3.22. The highest BCUT2D eigenvalue weighted by Gasteiger charge is 2.30. The van der Waals surface area contributed by atoms with Crippen molar-refractivity contribution in [2.45, 2.75) is 30.6 Å². The van der Waals surface area contributed by atoms with Crippen LogP contribution in [0.15, 0.2) is 29.2 Å². The van der Waals surface area contributed by atoms with Crippen LogP contribution in [-0.4, -0.2) is 8.42 Å².